The predicted octanol–water partition coefficient (Wildman–Crippen LogP) is 1.74. The van der Waals surface area contributed by atoms with Crippen molar-refractivity contribution in [1.29, 1.82) is 0 Å². The maximum absolute atomic E-state index is 10.9. The van der Waals surface area contributed by atoms with Crippen LogP contribution in [-0.4, -0.2) is 29.1 Å². The second kappa shape index (κ2) is 5.18. The van der Waals surface area contributed by atoms with Crippen LogP contribution in [0.3, 0.4) is 0 Å². The topological polar surface area (TPSA) is 75.4 Å². The minimum Gasteiger partial charge on any atom is -0.480 e. The lowest BCUT2D eigenvalue weighted by atomic mass is 10.1. The van der Waals surface area contributed by atoms with Crippen molar-refractivity contribution in [2.24, 2.45) is 0 Å². The normalized spacial score (nSPS) is 12.8. The number of aromatic nitrogens is 1. The Labute approximate surface area is 105 Å². The van der Waals surface area contributed by atoms with Gasteiger partial charge in [0.25, 0.3) is 0 Å². The minimum atomic E-state index is -0.823. The molecule has 1 aromatic heterocycles. The summed E-state index contributed by atoms with van der Waals surface area (Å²) in [4.78, 5) is 15.1. The molecule has 0 bridgehead atoms. The van der Waals surface area contributed by atoms with Crippen LogP contribution < -0.4 is 5.32 Å². The van der Waals surface area contributed by atoms with E-state index in [0.29, 0.717) is 18.7 Å². The van der Waals surface area contributed by atoms with Crippen molar-refractivity contribution in [2.45, 2.75) is 25.8 Å². The quantitative estimate of drug-likeness (QED) is 0.843. The summed E-state index contributed by atoms with van der Waals surface area (Å²) >= 11 is 0. The van der Waals surface area contributed by atoms with Crippen molar-refractivity contribution in [1.82, 2.24) is 10.3 Å². The summed E-state index contributed by atoms with van der Waals surface area (Å²) in [5, 5.41) is 11.7. The highest BCUT2D eigenvalue weighted by atomic mass is 16.4. The van der Waals surface area contributed by atoms with Gasteiger partial charge in [-0.2, -0.15) is 0 Å². The summed E-state index contributed by atoms with van der Waals surface area (Å²) in [6.07, 6.45) is 1.24. The fourth-order valence-electron chi connectivity index (χ4n) is 1.95. The highest BCUT2D eigenvalue weighted by molar-refractivity contribution is 5.74. The summed E-state index contributed by atoms with van der Waals surface area (Å²) in [6.45, 7) is 1.81. The molecule has 0 radical (unpaired) electrons. The number of aliphatic carboxylic acids is 1. The van der Waals surface area contributed by atoms with E-state index in [2.05, 4.69) is 10.3 Å². The van der Waals surface area contributed by atoms with Gasteiger partial charge in [0.2, 0.25) is 0 Å². The van der Waals surface area contributed by atoms with Gasteiger partial charge in [-0.15, -0.1) is 0 Å². The van der Waals surface area contributed by atoms with Gasteiger partial charge in [-0.05, 0) is 37.6 Å². The van der Waals surface area contributed by atoms with Gasteiger partial charge in [0, 0.05) is 6.92 Å². The molecule has 5 nitrogen and oxygen atoms in total. The number of nitrogens with zero attached hydrogens (tertiary/aromatic N) is 1. The van der Waals surface area contributed by atoms with Gasteiger partial charge in [0.15, 0.2) is 11.5 Å². The van der Waals surface area contributed by atoms with Crippen molar-refractivity contribution in [3.8, 4) is 0 Å². The lowest BCUT2D eigenvalue weighted by molar-refractivity contribution is -0.139. The van der Waals surface area contributed by atoms with Crippen LogP contribution in [0.2, 0.25) is 0 Å². The highest BCUT2D eigenvalue weighted by Gasteiger charge is 2.14. The third kappa shape index (κ3) is 2.68. The van der Waals surface area contributed by atoms with Gasteiger partial charge in [-0.3, -0.25) is 4.79 Å². The molecule has 0 aliphatic rings. The molecule has 5 heteroatoms. The Hall–Kier alpha value is -1.88. The van der Waals surface area contributed by atoms with Gasteiger partial charge >= 0.3 is 5.97 Å². The second-order valence-corrected chi connectivity index (χ2v) is 4.25. The number of oxazole rings is 1. The lowest BCUT2D eigenvalue weighted by Gasteiger charge is -2.10. The Morgan fingerprint density at radius 2 is 2.33 bits per heavy atom. The van der Waals surface area contributed by atoms with Crippen molar-refractivity contribution in [2.75, 3.05) is 7.05 Å². The largest absolute Gasteiger partial charge is 0.480 e. The number of aryl methyl sites for hydroxylation is 2. The summed E-state index contributed by atoms with van der Waals surface area (Å²) in [7, 11) is 1.66. The molecular weight excluding hydrogens is 232 g/mol. The standard InChI is InChI=1S/C13H16N2O3/c1-8-15-11-7-9(4-6-12(11)18-8)3-5-10(14-2)13(16)17/h4,6-7,10,14H,3,5H2,1-2H3,(H,16,17). The number of carboxylic acids is 1. The van der Waals surface area contributed by atoms with E-state index in [0.717, 1.165) is 16.7 Å². The van der Waals surface area contributed by atoms with Gasteiger partial charge in [0.1, 0.15) is 11.6 Å². The smallest absolute Gasteiger partial charge is 0.320 e. The molecule has 0 spiro atoms. The zero-order valence-electron chi connectivity index (χ0n) is 10.4. The first kappa shape index (κ1) is 12.6. The number of rotatable bonds is 5. The molecule has 0 fully saturated rings. The molecule has 2 N–H and O–H groups in total. The number of nitrogens with one attached hydrogen (secondary N) is 1. The van der Waals surface area contributed by atoms with E-state index in [1.54, 1.807) is 14.0 Å². The molecule has 2 aromatic rings. The van der Waals surface area contributed by atoms with Crippen LogP contribution in [0.5, 0.6) is 0 Å². The molecule has 0 saturated carbocycles. The van der Waals surface area contributed by atoms with Crippen molar-refractivity contribution < 1.29 is 14.3 Å². The second-order valence-electron chi connectivity index (χ2n) is 4.25. The SMILES string of the molecule is CNC(CCc1ccc2oc(C)nc2c1)C(=O)O. The summed E-state index contributed by atoms with van der Waals surface area (Å²) < 4.78 is 5.39. The highest BCUT2D eigenvalue weighted by Crippen LogP contribution is 2.18. The third-order valence-corrected chi connectivity index (χ3v) is 2.93. The molecule has 0 aliphatic heterocycles. The van der Waals surface area contributed by atoms with Gasteiger partial charge < -0.3 is 14.8 Å². The minimum absolute atomic E-state index is 0.514. The summed E-state index contributed by atoms with van der Waals surface area (Å²) in [6, 6.07) is 5.25. The fraction of sp³-hybridized carbons (Fsp3) is 0.385. The van der Waals surface area contributed by atoms with Gasteiger partial charge in [-0.25, -0.2) is 4.98 Å². The molecule has 0 amide bonds. The van der Waals surface area contributed by atoms with Crippen LogP contribution in [0.1, 0.15) is 17.9 Å². The van der Waals surface area contributed by atoms with Crippen molar-refractivity contribution in [3.63, 3.8) is 0 Å². The number of hydrogen-bond donors (Lipinski definition) is 2. The number of hydrogen-bond acceptors (Lipinski definition) is 4. The molecule has 1 atom stereocenters. The van der Waals surface area contributed by atoms with Gasteiger partial charge in [-0.1, -0.05) is 6.07 Å². The molecule has 1 aromatic carbocycles. The number of likely N-dealkylation sites (N-methyl/N-ethyl adjacent to an activating group) is 1. The van der Waals surface area contributed by atoms with Crippen LogP contribution in [0.25, 0.3) is 11.1 Å². The maximum Gasteiger partial charge on any atom is 0.320 e. The Balaban J connectivity index is 2.09. The monoisotopic (exact) mass is 248 g/mol. The van der Waals surface area contributed by atoms with Crippen LogP contribution in [0.15, 0.2) is 22.6 Å². The molecule has 1 heterocycles. The number of carbonyl (C=O) groups is 1. The van der Waals surface area contributed by atoms with Crippen LogP contribution in [-0.2, 0) is 11.2 Å². The molecule has 1 unspecified atom stereocenters. The molecule has 2 rings (SSSR count). The Bertz CT molecular complexity index is 562. The molecule has 18 heavy (non-hydrogen) atoms. The fourth-order valence-corrected chi connectivity index (χ4v) is 1.95. The Morgan fingerprint density at radius 1 is 1.56 bits per heavy atom. The summed E-state index contributed by atoms with van der Waals surface area (Å²) in [5.74, 6) is -0.184. The first-order valence-electron chi connectivity index (χ1n) is 5.86. The van der Waals surface area contributed by atoms with E-state index in [1.807, 2.05) is 18.2 Å². The van der Waals surface area contributed by atoms with E-state index < -0.39 is 12.0 Å². The summed E-state index contributed by atoms with van der Waals surface area (Å²) in [5.41, 5.74) is 2.65. The molecular formula is C13H16N2O3. The maximum atomic E-state index is 10.9. The van der Waals surface area contributed by atoms with E-state index >= 15 is 0 Å². The first-order valence-corrected chi connectivity index (χ1v) is 5.86. The molecule has 0 aliphatic carbocycles. The average Bonchev–Trinajstić information content (AvgIpc) is 2.68. The Kier molecular flexibility index (Phi) is 3.62. The zero-order valence-corrected chi connectivity index (χ0v) is 10.4. The molecule has 0 saturated heterocycles. The van der Waals surface area contributed by atoms with Gasteiger partial charge in [0.05, 0.1) is 0 Å². The number of fused-ring (bicyclic) bond motifs is 1. The number of benzene rings is 1. The van der Waals surface area contributed by atoms with Crippen LogP contribution >= 0.6 is 0 Å². The van der Waals surface area contributed by atoms with Crippen molar-refractivity contribution >= 4 is 17.1 Å². The van der Waals surface area contributed by atoms with Crippen LogP contribution in [0, 0.1) is 6.92 Å². The average molecular weight is 248 g/mol. The first-order chi connectivity index (χ1) is 8.60. The van der Waals surface area contributed by atoms with E-state index in [1.165, 1.54) is 0 Å². The van der Waals surface area contributed by atoms with Crippen LogP contribution in [0.4, 0.5) is 0 Å². The third-order valence-electron chi connectivity index (χ3n) is 2.93. The van der Waals surface area contributed by atoms with Crippen molar-refractivity contribution in [3.05, 3.63) is 29.7 Å². The van der Waals surface area contributed by atoms with E-state index in [-0.39, 0.29) is 0 Å². The lowest BCUT2D eigenvalue weighted by Crippen LogP contribution is -2.34. The predicted molar refractivity (Wildman–Crippen MR) is 67.6 cm³/mol. The Morgan fingerprint density at radius 3 is 3.00 bits per heavy atom. The van der Waals surface area contributed by atoms with E-state index in [4.69, 9.17) is 9.52 Å². The zero-order chi connectivity index (χ0) is 13.1. The van der Waals surface area contributed by atoms with E-state index in [9.17, 15) is 4.79 Å². The molecule has 96 valence electrons. The number of carboxylic acid groups (broad SMARTS) is 1.